The maximum absolute atomic E-state index is 5.69. The molecule has 2 fully saturated rings. The van der Waals surface area contributed by atoms with Crippen LogP contribution in [0.1, 0.15) is 32.6 Å². The Hall–Kier alpha value is -0.0800. The molecule has 12 heavy (non-hydrogen) atoms. The smallest absolute Gasteiger partial charge is 0.0619 e. The number of rotatable bonds is 2. The van der Waals surface area contributed by atoms with Gasteiger partial charge in [-0.05, 0) is 32.2 Å². The van der Waals surface area contributed by atoms with E-state index in [1.807, 2.05) is 0 Å². The zero-order valence-corrected chi connectivity index (χ0v) is 7.88. The fourth-order valence-corrected chi connectivity index (χ4v) is 2.69. The molecule has 0 unspecified atom stereocenters. The van der Waals surface area contributed by atoms with Gasteiger partial charge in [0.25, 0.3) is 0 Å². The normalized spacial score (nSPS) is 41.2. The lowest BCUT2D eigenvalue weighted by Crippen LogP contribution is -2.42. The number of nitrogens with one attached hydrogen (secondary N) is 1. The molecule has 1 saturated heterocycles. The van der Waals surface area contributed by atoms with Gasteiger partial charge in [-0.15, -0.1) is 0 Å². The summed E-state index contributed by atoms with van der Waals surface area (Å²) < 4.78 is 5.69. The molecular weight excluding hydrogens is 150 g/mol. The molecule has 2 nitrogen and oxygen atoms in total. The predicted molar refractivity (Wildman–Crippen MR) is 49.2 cm³/mol. The SMILES string of the molecule is CCN[C@H]1CCC[C@H]2OCC[C@H]12. The molecule has 1 N–H and O–H groups in total. The van der Waals surface area contributed by atoms with Gasteiger partial charge in [0.15, 0.2) is 0 Å². The van der Waals surface area contributed by atoms with E-state index in [4.69, 9.17) is 4.74 Å². The van der Waals surface area contributed by atoms with E-state index in [-0.39, 0.29) is 0 Å². The maximum atomic E-state index is 5.69. The van der Waals surface area contributed by atoms with Crippen molar-refractivity contribution in [2.45, 2.75) is 44.8 Å². The van der Waals surface area contributed by atoms with Crippen molar-refractivity contribution in [1.82, 2.24) is 5.32 Å². The molecule has 1 aliphatic carbocycles. The first-order valence-electron chi connectivity index (χ1n) is 5.27. The fraction of sp³-hybridized carbons (Fsp3) is 1.00. The second kappa shape index (κ2) is 3.75. The number of hydrogen-bond donors (Lipinski definition) is 1. The third-order valence-corrected chi connectivity index (χ3v) is 3.25. The third kappa shape index (κ3) is 1.50. The number of hydrogen-bond acceptors (Lipinski definition) is 2. The lowest BCUT2D eigenvalue weighted by atomic mass is 9.82. The second-order valence-electron chi connectivity index (χ2n) is 3.96. The third-order valence-electron chi connectivity index (χ3n) is 3.25. The van der Waals surface area contributed by atoms with E-state index < -0.39 is 0 Å². The van der Waals surface area contributed by atoms with E-state index in [1.165, 1.54) is 25.7 Å². The summed E-state index contributed by atoms with van der Waals surface area (Å²) in [5.41, 5.74) is 0. The molecular formula is C10H19NO. The molecule has 1 aliphatic heterocycles. The van der Waals surface area contributed by atoms with E-state index in [1.54, 1.807) is 0 Å². The van der Waals surface area contributed by atoms with Crippen LogP contribution in [0.5, 0.6) is 0 Å². The van der Waals surface area contributed by atoms with Crippen molar-refractivity contribution in [3.8, 4) is 0 Å². The van der Waals surface area contributed by atoms with Crippen LogP contribution in [-0.4, -0.2) is 25.3 Å². The van der Waals surface area contributed by atoms with Gasteiger partial charge in [0.2, 0.25) is 0 Å². The Balaban J connectivity index is 1.94. The highest BCUT2D eigenvalue weighted by Crippen LogP contribution is 2.34. The van der Waals surface area contributed by atoms with Gasteiger partial charge in [-0.3, -0.25) is 0 Å². The van der Waals surface area contributed by atoms with Crippen molar-refractivity contribution in [2.24, 2.45) is 5.92 Å². The maximum Gasteiger partial charge on any atom is 0.0619 e. The highest BCUT2D eigenvalue weighted by Gasteiger charge is 2.36. The lowest BCUT2D eigenvalue weighted by Gasteiger charge is -2.33. The molecule has 3 atom stereocenters. The van der Waals surface area contributed by atoms with Crippen LogP contribution in [0.25, 0.3) is 0 Å². The molecule has 0 radical (unpaired) electrons. The first kappa shape index (κ1) is 8.52. The highest BCUT2D eigenvalue weighted by atomic mass is 16.5. The molecule has 70 valence electrons. The van der Waals surface area contributed by atoms with Crippen molar-refractivity contribution in [3.05, 3.63) is 0 Å². The van der Waals surface area contributed by atoms with Crippen molar-refractivity contribution >= 4 is 0 Å². The van der Waals surface area contributed by atoms with E-state index in [0.717, 1.165) is 25.1 Å². The van der Waals surface area contributed by atoms with Crippen molar-refractivity contribution < 1.29 is 4.74 Å². The quantitative estimate of drug-likeness (QED) is 0.677. The highest BCUT2D eigenvalue weighted by molar-refractivity contribution is 4.90. The second-order valence-corrected chi connectivity index (χ2v) is 3.96. The standard InChI is InChI=1S/C10H19NO/c1-2-11-9-4-3-5-10-8(9)6-7-12-10/h8-11H,2-7H2,1H3/t8-,9+,10-/m1/s1. The van der Waals surface area contributed by atoms with Crippen molar-refractivity contribution in [1.29, 1.82) is 0 Å². The molecule has 0 aromatic carbocycles. The van der Waals surface area contributed by atoms with Gasteiger partial charge in [0, 0.05) is 18.6 Å². The van der Waals surface area contributed by atoms with Gasteiger partial charge in [-0.25, -0.2) is 0 Å². The first-order valence-corrected chi connectivity index (χ1v) is 5.27. The molecule has 1 heterocycles. The van der Waals surface area contributed by atoms with E-state index in [0.29, 0.717) is 6.10 Å². The predicted octanol–water partition coefficient (Wildman–Crippen LogP) is 1.55. The van der Waals surface area contributed by atoms with Gasteiger partial charge in [-0.2, -0.15) is 0 Å². The van der Waals surface area contributed by atoms with Gasteiger partial charge in [0.1, 0.15) is 0 Å². The number of ether oxygens (including phenoxy) is 1. The minimum absolute atomic E-state index is 0.586. The minimum Gasteiger partial charge on any atom is -0.378 e. The van der Waals surface area contributed by atoms with Crippen molar-refractivity contribution in [3.63, 3.8) is 0 Å². The Morgan fingerprint density at radius 2 is 2.25 bits per heavy atom. The topological polar surface area (TPSA) is 21.3 Å². The Kier molecular flexibility index (Phi) is 2.66. The Morgan fingerprint density at radius 1 is 1.33 bits per heavy atom. The molecule has 1 saturated carbocycles. The summed E-state index contributed by atoms with van der Waals surface area (Å²) in [4.78, 5) is 0. The minimum atomic E-state index is 0.586. The van der Waals surface area contributed by atoms with Gasteiger partial charge >= 0.3 is 0 Å². The monoisotopic (exact) mass is 169 g/mol. The molecule has 0 spiro atoms. The summed E-state index contributed by atoms with van der Waals surface area (Å²) >= 11 is 0. The van der Waals surface area contributed by atoms with Gasteiger partial charge in [0.05, 0.1) is 6.10 Å². The summed E-state index contributed by atoms with van der Waals surface area (Å²) in [6, 6.07) is 0.747. The fourth-order valence-electron chi connectivity index (χ4n) is 2.69. The average molecular weight is 169 g/mol. The van der Waals surface area contributed by atoms with Gasteiger partial charge in [-0.1, -0.05) is 6.92 Å². The first-order chi connectivity index (χ1) is 5.92. The van der Waals surface area contributed by atoms with Crippen LogP contribution in [-0.2, 0) is 4.74 Å². The van der Waals surface area contributed by atoms with Crippen LogP contribution in [0, 0.1) is 5.92 Å². The Morgan fingerprint density at radius 3 is 3.08 bits per heavy atom. The van der Waals surface area contributed by atoms with E-state index in [2.05, 4.69) is 12.2 Å². The van der Waals surface area contributed by atoms with Crippen LogP contribution in [0.2, 0.25) is 0 Å². The van der Waals surface area contributed by atoms with Crippen LogP contribution >= 0.6 is 0 Å². The number of fused-ring (bicyclic) bond motifs is 1. The Bertz CT molecular complexity index is 147. The van der Waals surface area contributed by atoms with E-state index >= 15 is 0 Å². The summed E-state index contributed by atoms with van der Waals surface area (Å²) in [5.74, 6) is 0.818. The van der Waals surface area contributed by atoms with Crippen LogP contribution < -0.4 is 5.32 Å². The summed E-state index contributed by atoms with van der Waals surface area (Å²) in [6.45, 7) is 4.30. The van der Waals surface area contributed by atoms with Crippen molar-refractivity contribution in [2.75, 3.05) is 13.2 Å². The molecule has 2 heteroatoms. The van der Waals surface area contributed by atoms with Crippen LogP contribution in [0.4, 0.5) is 0 Å². The van der Waals surface area contributed by atoms with Crippen LogP contribution in [0.3, 0.4) is 0 Å². The van der Waals surface area contributed by atoms with Crippen LogP contribution in [0.15, 0.2) is 0 Å². The summed E-state index contributed by atoms with van der Waals surface area (Å²) in [5, 5.41) is 3.58. The summed E-state index contributed by atoms with van der Waals surface area (Å²) in [6.07, 6.45) is 5.87. The largest absolute Gasteiger partial charge is 0.378 e. The molecule has 0 bridgehead atoms. The molecule has 2 aliphatic rings. The average Bonchev–Trinajstić information content (AvgIpc) is 2.53. The summed E-state index contributed by atoms with van der Waals surface area (Å²) in [7, 11) is 0. The zero-order valence-electron chi connectivity index (χ0n) is 7.88. The van der Waals surface area contributed by atoms with Gasteiger partial charge < -0.3 is 10.1 Å². The molecule has 2 rings (SSSR count). The molecule has 0 aromatic rings. The Labute approximate surface area is 74.7 Å². The van der Waals surface area contributed by atoms with E-state index in [9.17, 15) is 0 Å². The molecule has 0 aromatic heterocycles. The molecule has 0 amide bonds. The zero-order chi connectivity index (χ0) is 8.39. The lowest BCUT2D eigenvalue weighted by molar-refractivity contribution is 0.0536.